The minimum absolute atomic E-state index is 0.392. The molecule has 0 spiro atoms. The third-order valence-electron chi connectivity index (χ3n) is 2.76. The van der Waals surface area contributed by atoms with Crippen LogP contribution in [0.5, 0.6) is 0 Å². The molecule has 0 saturated heterocycles. The normalized spacial score (nSPS) is 13.2. The number of anilines is 1. The molecule has 1 rings (SSSR count). The first-order valence-corrected chi connectivity index (χ1v) is 6.88. The van der Waals surface area contributed by atoms with Gasteiger partial charge in [0.05, 0.1) is 0 Å². The molecule has 0 fully saturated rings. The molecule has 16 heavy (non-hydrogen) atoms. The zero-order valence-electron chi connectivity index (χ0n) is 10.9. The van der Waals surface area contributed by atoms with E-state index in [2.05, 4.69) is 79.7 Å². The van der Waals surface area contributed by atoms with Gasteiger partial charge in [0, 0.05) is 22.6 Å². The molecular weight excluding hydrogens is 262 g/mol. The number of rotatable bonds is 4. The van der Waals surface area contributed by atoms with Crippen molar-refractivity contribution >= 4 is 21.6 Å². The molecule has 0 radical (unpaired) electrons. The lowest BCUT2D eigenvalue weighted by molar-refractivity contribution is 0.605. The van der Waals surface area contributed by atoms with Crippen LogP contribution in [0.4, 0.5) is 5.69 Å². The molecule has 90 valence electrons. The Morgan fingerprint density at radius 1 is 0.938 bits per heavy atom. The first kappa shape index (κ1) is 13.6. The molecule has 1 aromatic rings. The molecule has 0 aliphatic heterocycles. The number of halogens is 1. The topological polar surface area (TPSA) is 3.24 Å². The molecule has 2 heteroatoms. The fourth-order valence-electron chi connectivity index (χ4n) is 2.21. The number of hydrogen-bond donors (Lipinski definition) is 0. The van der Waals surface area contributed by atoms with Gasteiger partial charge in [0.1, 0.15) is 0 Å². The van der Waals surface area contributed by atoms with Gasteiger partial charge in [-0.2, -0.15) is 0 Å². The van der Waals surface area contributed by atoms with Gasteiger partial charge in [-0.15, -0.1) is 0 Å². The van der Waals surface area contributed by atoms with E-state index in [0.717, 1.165) is 0 Å². The average molecular weight is 284 g/mol. The van der Waals surface area contributed by atoms with E-state index in [4.69, 9.17) is 0 Å². The maximum Gasteiger partial charge on any atom is 0.0414 e. The second-order valence-corrected chi connectivity index (χ2v) is 6.14. The minimum atomic E-state index is 0.392. The zero-order valence-corrected chi connectivity index (χ0v) is 12.5. The third-order valence-corrected chi connectivity index (χ3v) is 3.25. The summed E-state index contributed by atoms with van der Waals surface area (Å²) in [4.78, 5) is 2.86. The van der Waals surface area contributed by atoms with E-state index in [-0.39, 0.29) is 0 Å². The van der Waals surface area contributed by atoms with Gasteiger partial charge in [0.15, 0.2) is 0 Å². The van der Waals surface area contributed by atoms with E-state index in [1.54, 1.807) is 0 Å². The van der Waals surface area contributed by atoms with Gasteiger partial charge in [-0.1, -0.05) is 34.1 Å². The van der Waals surface area contributed by atoms with Crippen molar-refractivity contribution in [2.24, 2.45) is 0 Å². The Hall–Kier alpha value is -0.500. The van der Waals surface area contributed by atoms with Crippen molar-refractivity contribution in [2.45, 2.75) is 51.5 Å². The molecule has 0 aliphatic carbocycles. The summed E-state index contributed by atoms with van der Waals surface area (Å²) < 4.78 is 0. The fourth-order valence-corrected chi connectivity index (χ4v) is 2.60. The van der Waals surface area contributed by atoms with E-state index in [0.29, 0.717) is 16.9 Å². The highest BCUT2D eigenvalue weighted by molar-refractivity contribution is 9.09. The maximum absolute atomic E-state index is 3.67. The summed E-state index contributed by atoms with van der Waals surface area (Å²) in [7, 11) is 0. The number of alkyl halides is 1. The summed E-state index contributed by atoms with van der Waals surface area (Å²) >= 11 is 3.67. The van der Waals surface area contributed by atoms with Crippen molar-refractivity contribution in [3.8, 4) is 0 Å². The first-order chi connectivity index (χ1) is 7.45. The monoisotopic (exact) mass is 283 g/mol. The first-order valence-electron chi connectivity index (χ1n) is 5.96. The number of hydrogen-bond acceptors (Lipinski definition) is 1. The molecule has 0 N–H and O–H groups in total. The van der Waals surface area contributed by atoms with Crippen LogP contribution < -0.4 is 4.90 Å². The average Bonchev–Trinajstić information content (AvgIpc) is 2.17. The van der Waals surface area contributed by atoms with E-state index in [1.165, 1.54) is 11.3 Å². The van der Waals surface area contributed by atoms with Crippen LogP contribution in [-0.4, -0.2) is 12.1 Å². The molecule has 1 atom stereocenters. The Labute approximate surface area is 108 Å². The second kappa shape index (κ2) is 5.72. The van der Waals surface area contributed by atoms with Crippen LogP contribution in [0.25, 0.3) is 0 Å². The Balaban J connectivity index is 3.18. The van der Waals surface area contributed by atoms with Gasteiger partial charge >= 0.3 is 0 Å². The van der Waals surface area contributed by atoms with Crippen LogP contribution in [-0.2, 0) is 0 Å². The van der Waals surface area contributed by atoms with Crippen LogP contribution in [0.15, 0.2) is 24.3 Å². The van der Waals surface area contributed by atoms with E-state index in [9.17, 15) is 0 Å². The van der Waals surface area contributed by atoms with Gasteiger partial charge in [0.2, 0.25) is 0 Å². The molecule has 1 unspecified atom stereocenters. The fraction of sp³-hybridized carbons (Fsp3) is 0.571. The lowest BCUT2D eigenvalue weighted by atomic mass is 10.1. The predicted octanol–water partition coefficient (Wildman–Crippen LogP) is 4.77. The largest absolute Gasteiger partial charge is 0.366 e. The summed E-state index contributed by atoms with van der Waals surface area (Å²) in [6.45, 7) is 11.2. The Kier molecular flexibility index (Phi) is 4.85. The Morgan fingerprint density at radius 2 is 1.44 bits per heavy atom. The van der Waals surface area contributed by atoms with Gasteiger partial charge in [-0.25, -0.2) is 0 Å². The van der Waals surface area contributed by atoms with Crippen LogP contribution in [0.1, 0.15) is 45.0 Å². The summed E-state index contributed by atoms with van der Waals surface area (Å²) in [5.41, 5.74) is 2.71. The van der Waals surface area contributed by atoms with Crippen molar-refractivity contribution in [1.29, 1.82) is 0 Å². The molecule has 0 aromatic heterocycles. The number of benzene rings is 1. The molecule has 0 bridgehead atoms. The van der Waals surface area contributed by atoms with E-state index >= 15 is 0 Å². The number of para-hydroxylation sites is 1. The van der Waals surface area contributed by atoms with Crippen molar-refractivity contribution in [3.05, 3.63) is 29.8 Å². The summed E-state index contributed by atoms with van der Waals surface area (Å²) in [5, 5.41) is 0. The molecule has 1 nitrogen and oxygen atoms in total. The minimum Gasteiger partial charge on any atom is -0.366 e. The third kappa shape index (κ3) is 3.00. The maximum atomic E-state index is 3.67. The zero-order chi connectivity index (χ0) is 12.3. The molecule has 0 aliphatic rings. The highest BCUT2D eigenvalue weighted by Crippen LogP contribution is 2.33. The molecule has 0 heterocycles. The summed E-state index contributed by atoms with van der Waals surface area (Å²) in [6.07, 6.45) is 0. The van der Waals surface area contributed by atoms with Crippen LogP contribution in [0.2, 0.25) is 0 Å². The standard InChI is InChI=1S/C14H22BrN/c1-10(2)16(11(3)4)14-9-7-6-8-13(14)12(5)15/h6-12H,1-5H3. The van der Waals surface area contributed by atoms with Crippen molar-refractivity contribution < 1.29 is 0 Å². The quantitative estimate of drug-likeness (QED) is 0.720. The second-order valence-electron chi connectivity index (χ2n) is 4.77. The predicted molar refractivity (Wildman–Crippen MR) is 76.5 cm³/mol. The lowest BCUT2D eigenvalue weighted by Crippen LogP contribution is -2.37. The van der Waals surface area contributed by atoms with E-state index in [1.807, 2.05) is 0 Å². The molecule has 0 amide bonds. The summed E-state index contributed by atoms with van der Waals surface area (Å²) in [5.74, 6) is 0. The van der Waals surface area contributed by atoms with Gasteiger partial charge in [-0.05, 0) is 46.2 Å². The SMILES string of the molecule is CC(Br)c1ccccc1N(C(C)C)C(C)C. The van der Waals surface area contributed by atoms with Crippen molar-refractivity contribution in [3.63, 3.8) is 0 Å². The molecular formula is C14H22BrN. The molecule has 0 saturated carbocycles. The Morgan fingerprint density at radius 3 is 1.88 bits per heavy atom. The van der Waals surface area contributed by atoms with Crippen LogP contribution >= 0.6 is 15.9 Å². The number of nitrogens with zero attached hydrogens (tertiary/aromatic N) is 1. The Bertz CT molecular complexity index is 323. The van der Waals surface area contributed by atoms with Crippen molar-refractivity contribution in [1.82, 2.24) is 0 Å². The lowest BCUT2D eigenvalue weighted by Gasteiger charge is -2.35. The molecule has 1 aromatic carbocycles. The van der Waals surface area contributed by atoms with Crippen molar-refractivity contribution in [2.75, 3.05) is 4.90 Å². The summed E-state index contributed by atoms with van der Waals surface area (Å²) in [6, 6.07) is 9.68. The highest BCUT2D eigenvalue weighted by atomic mass is 79.9. The van der Waals surface area contributed by atoms with Crippen LogP contribution in [0, 0.1) is 0 Å². The van der Waals surface area contributed by atoms with Crippen LogP contribution in [0.3, 0.4) is 0 Å². The smallest absolute Gasteiger partial charge is 0.0414 e. The van der Waals surface area contributed by atoms with Gasteiger partial charge in [0.25, 0.3) is 0 Å². The van der Waals surface area contributed by atoms with Gasteiger partial charge in [-0.3, -0.25) is 0 Å². The highest BCUT2D eigenvalue weighted by Gasteiger charge is 2.18. The van der Waals surface area contributed by atoms with E-state index < -0.39 is 0 Å². The van der Waals surface area contributed by atoms with Gasteiger partial charge < -0.3 is 4.90 Å².